The molecule has 0 amide bonds. The number of benzene rings is 2. The second-order valence-corrected chi connectivity index (χ2v) is 8.12. The third kappa shape index (κ3) is 3.06. The van der Waals surface area contributed by atoms with E-state index < -0.39 is 0 Å². The highest BCUT2D eigenvalue weighted by Gasteiger charge is 2.23. The van der Waals surface area contributed by atoms with Crippen molar-refractivity contribution in [3.05, 3.63) is 57.6 Å². The monoisotopic (exact) mass is 376 g/mol. The van der Waals surface area contributed by atoms with Gasteiger partial charge in [-0.1, -0.05) is 53.2 Å². The van der Waals surface area contributed by atoms with Crippen LogP contribution in [0.15, 0.2) is 46.2 Å². The number of likely N-dealkylation sites (N-methyl/N-ethyl adjacent to an activating group) is 1. The molecule has 2 heterocycles. The van der Waals surface area contributed by atoms with Crippen molar-refractivity contribution in [1.29, 1.82) is 0 Å². The van der Waals surface area contributed by atoms with E-state index in [2.05, 4.69) is 47.2 Å². The first-order chi connectivity index (χ1) is 11.6. The molecule has 2 aromatic carbocycles. The highest BCUT2D eigenvalue weighted by atomic mass is 35.5. The third-order valence-electron chi connectivity index (χ3n) is 4.57. The van der Waals surface area contributed by atoms with Crippen LogP contribution in [0, 0.1) is 0 Å². The minimum atomic E-state index is 0.611. The lowest BCUT2D eigenvalue weighted by molar-refractivity contribution is 0.207. The second-order valence-electron chi connectivity index (χ2n) is 6.22. The number of fused-ring (bicyclic) bond motifs is 2. The van der Waals surface area contributed by atoms with Gasteiger partial charge in [0.05, 0.1) is 10.0 Å². The van der Waals surface area contributed by atoms with Crippen LogP contribution in [-0.4, -0.2) is 43.0 Å². The molecule has 2 aliphatic heterocycles. The van der Waals surface area contributed by atoms with Gasteiger partial charge in [-0.15, -0.1) is 0 Å². The van der Waals surface area contributed by atoms with E-state index in [-0.39, 0.29) is 0 Å². The largest absolute Gasteiger partial charge is 0.368 e. The predicted octanol–water partition coefficient (Wildman–Crippen LogP) is 5.20. The van der Waals surface area contributed by atoms with Crippen LogP contribution in [0.2, 0.25) is 10.0 Å². The summed E-state index contributed by atoms with van der Waals surface area (Å²) in [4.78, 5) is 7.25. The lowest BCUT2D eigenvalue weighted by Gasteiger charge is -2.36. The number of hydrogen-bond acceptors (Lipinski definition) is 3. The smallest absolute Gasteiger partial charge is 0.0604 e. The first-order valence-electron chi connectivity index (χ1n) is 8.03. The molecule has 2 aliphatic rings. The summed E-state index contributed by atoms with van der Waals surface area (Å²) in [6.45, 7) is 4.19. The van der Waals surface area contributed by atoms with Crippen LogP contribution < -0.4 is 0 Å². The number of rotatable bonds is 1. The summed E-state index contributed by atoms with van der Waals surface area (Å²) < 4.78 is 0. The maximum Gasteiger partial charge on any atom is 0.0604 e. The predicted molar refractivity (Wildman–Crippen MR) is 104 cm³/mol. The summed E-state index contributed by atoms with van der Waals surface area (Å²) in [5.74, 6) is 0. The third-order valence-corrected chi connectivity index (χ3v) is 6.45. The average molecular weight is 377 g/mol. The van der Waals surface area contributed by atoms with E-state index in [1.807, 2.05) is 12.1 Å². The van der Waals surface area contributed by atoms with Gasteiger partial charge in [-0.25, -0.2) is 0 Å². The molecule has 0 radical (unpaired) electrons. The zero-order valence-corrected chi connectivity index (χ0v) is 15.8. The lowest BCUT2D eigenvalue weighted by Crippen LogP contribution is -2.43. The van der Waals surface area contributed by atoms with Gasteiger partial charge in [0.1, 0.15) is 0 Å². The van der Waals surface area contributed by atoms with Crippen molar-refractivity contribution in [1.82, 2.24) is 9.80 Å². The van der Waals surface area contributed by atoms with Crippen molar-refractivity contribution < 1.29 is 0 Å². The van der Waals surface area contributed by atoms with E-state index in [0.717, 1.165) is 26.2 Å². The number of halogens is 2. The van der Waals surface area contributed by atoms with Gasteiger partial charge < -0.3 is 9.80 Å². The Morgan fingerprint density at radius 3 is 2.42 bits per heavy atom. The first-order valence-corrected chi connectivity index (χ1v) is 9.60. The van der Waals surface area contributed by atoms with E-state index in [1.165, 1.54) is 26.6 Å². The molecule has 124 valence electrons. The molecule has 0 unspecified atom stereocenters. The van der Waals surface area contributed by atoms with E-state index in [9.17, 15) is 0 Å². The van der Waals surface area contributed by atoms with Crippen LogP contribution in [0.4, 0.5) is 0 Å². The van der Waals surface area contributed by atoms with Gasteiger partial charge in [0.2, 0.25) is 0 Å². The molecule has 0 bridgehead atoms. The van der Waals surface area contributed by atoms with Crippen LogP contribution in [-0.2, 0) is 0 Å². The summed E-state index contributed by atoms with van der Waals surface area (Å²) in [5.41, 5.74) is 3.67. The standard InChI is InChI=1S/C19H18Cl2N2S/c1-22-6-8-23(9-7-22)17-10-13-4-2-3-5-18(13)24-19-12-16(21)15(20)11-14(17)19/h2-5,10-12H,6-9H2,1H3. The minimum Gasteiger partial charge on any atom is -0.368 e. The molecule has 1 fully saturated rings. The topological polar surface area (TPSA) is 6.48 Å². The van der Waals surface area contributed by atoms with Crippen molar-refractivity contribution in [3.63, 3.8) is 0 Å². The number of hydrogen-bond donors (Lipinski definition) is 0. The van der Waals surface area contributed by atoms with Crippen molar-refractivity contribution in [3.8, 4) is 0 Å². The Morgan fingerprint density at radius 2 is 1.62 bits per heavy atom. The number of nitrogens with zero attached hydrogens (tertiary/aromatic N) is 2. The maximum absolute atomic E-state index is 6.34. The highest BCUT2D eigenvalue weighted by Crippen LogP contribution is 2.44. The van der Waals surface area contributed by atoms with Crippen LogP contribution in [0.25, 0.3) is 11.8 Å². The first kappa shape index (κ1) is 16.3. The van der Waals surface area contributed by atoms with Crippen LogP contribution in [0.5, 0.6) is 0 Å². The van der Waals surface area contributed by atoms with Crippen molar-refractivity contribution in [2.75, 3.05) is 33.2 Å². The molecule has 0 spiro atoms. The Morgan fingerprint density at radius 1 is 0.917 bits per heavy atom. The number of piperazine rings is 1. The van der Waals surface area contributed by atoms with Gasteiger partial charge in [-0.2, -0.15) is 0 Å². The van der Waals surface area contributed by atoms with Gasteiger partial charge in [0.15, 0.2) is 0 Å². The summed E-state index contributed by atoms with van der Waals surface area (Å²) in [7, 11) is 2.18. The van der Waals surface area contributed by atoms with Gasteiger partial charge in [0.25, 0.3) is 0 Å². The van der Waals surface area contributed by atoms with Crippen molar-refractivity contribution in [2.24, 2.45) is 0 Å². The molecule has 1 saturated heterocycles. The molecule has 5 heteroatoms. The summed E-state index contributed by atoms with van der Waals surface area (Å²) in [6, 6.07) is 12.5. The van der Waals surface area contributed by atoms with Gasteiger partial charge in [-0.05, 0) is 36.9 Å². The normalized spacial score (nSPS) is 17.8. The maximum atomic E-state index is 6.34. The molecular formula is C19H18Cl2N2S. The highest BCUT2D eigenvalue weighted by molar-refractivity contribution is 7.99. The Kier molecular flexibility index (Phi) is 4.52. The Labute approximate surface area is 157 Å². The van der Waals surface area contributed by atoms with Crippen LogP contribution >= 0.6 is 35.0 Å². The fourth-order valence-corrected chi connectivity index (χ4v) is 4.63. The molecule has 0 aliphatic carbocycles. The molecule has 0 atom stereocenters. The fourth-order valence-electron chi connectivity index (χ4n) is 3.16. The SMILES string of the molecule is CN1CCN(C2=Cc3ccccc3Sc3cc(Cl)c(Cl)cc32)CC1. The molecule has 0 saturated carbocycles. The zero-order valence-electron chi connectivity index (χ0n) is 13.4. The van der Waals surface area contributed by atoms with E-state index >= 15 is 0 Å². The van der Waals surface area contributed by atoms with Crippen LogP contribution in [0.3, 0.4) is 0 Å². The molecule has 0 aromatic heterocycles. The molecule has 2 aromatic rings. The van der Waals surface area contributed by atoms with Gasteiger partial charge in [-0.3, -0.25) is 0 Å². The summed E-state index contributed by atoms with van der Waals surface area (Å²) >= 11 is 14.4. The van der Waals surface area contributed by atoms with Gasteiger partial charge in [0, 0.05) is 47.2 Å². The molecular weight excluding hydrogens is 359 g/mol. The second kappa shape index (κ2) is 6.64. The fraction of sp³-hybridized carbons (Fsp3) is 0.263. The van der Waals surface area contributed by atoms with E-state index in [1.54, 1.807) is 11.8 Å². The summed E-state index contributed by atoms with van der Waals surface area (Å²) in [6.07, 6.45) is 2.30. The minimum absolute atomic E-state index is 0.611. The Bertz CT molecular complexity index is 811. The molecule has 24 heavy (non-hydrogen) atoms. The molecule has 0 N–H and O–H groups in total. The lowest BCUT2D eigenvalue weighted by atomic mass is 10.1. The quantitative estimate of drug-likeness (QED) is 0.674. The Balaban J connectivity index is 1.86. The summed E-state index contributed by atoms with van der Waals surface area (Å²) in [5, 5.41) is 1.22. The van der Waals surface area contributed by atoms with Crippen molar-refractivity contribution >= 4 is 46.7 Å². The average Bonchev–Trinajstić information content (AvgIpc) is 2.73. The van der Waals surface area contributed by atoms with Gasteiger partial charge >= 0.3 is 0 Å². The Hall–Kier alpha value is -1.13. The van der Waals surface area contributed by atoms with E-state index in [0.29, 0.717) is 10.0 Å². The molecule has 2 nitrogen and oxygen atoms in total. The molecule has 4 rings (SSSR count). The zero-order chi connectivity index (χ0) is 16.7. The van der Waals surface area contributed by atoms with E-state index in [4.69, 9.17) is 23.2 Å². The van der Waals surface area contributed by atoms with Crippen molar-refractivity contribution in [2.45, 2.75) is 9.79 Å². The van der Waals surface area contributed by atoms with Crippen LogP contribution in [0.1, 0.15) is 11.1 Å².